The van der Waals surface area contributed by atoms with E-state index in [1.807, 2.05) is 0 Å². The van der Waals surface area contributed by atoms with E-state index in [1.54, 1.807) is 4.90 Å². The second-order valence-corrected chi connectivity index (χ2v) is 9.81. The average Bonchev–Trinajstić information content (AvgIpc) is 3.08. The summed E-state index contributed by atoms with van der Waals surface area (Å²) in [4.78, 5) is 14.4. The zero-order valence-electron chi connectivity index (χ0n) is 14.9. The molecule has 0 spiro atoms. The van der Waals surface area contributed by atoms with Crippen LogP contribution >= 0.6 is 12.4 Å². The number of piperidine rings is 1. The number of halogens is 1. The van der Waals surface area contributed by atoms with Crippen molar-refractivity contribution in [2.24, 2.45) is 11.7 Å². The Kier molecular flexibility index (Phi) is 7.55. The second kappa shape index (κ2) is 9.02. The second-order valence-electron chi connectivity index (χ2n) is 7.82. The van der Waals surface area contributed by atoms with Crippen LogP contribution in [0.3, 0.4) is 0 Å². The summed E-state index contributed by atoms with van der Waals surface area (Å²) in [5, 5.41) is -0.477. The number of carbonyl (C=O) groups is 1. The summed E-state index contributed by atoms with van der Waals surface area (Å²) in [6, 6.07) is 0.0536. The Hall–Kier alpha value is -0.370. The Balaban J connectivity index is 0.00000225. The van der Waals surface area contributed by atoms with Gasteiger partial charge in [0.25, 0.3) is 0 Å². The maximum Gasteiger partial charge on any atom is 0.225 e. The number of nitrogens with two attached hydrogens (primary N) is 1. The molecular formula is C17H32ClN3O3S. The minimum Gasteiger partial charge on any atom is -0.341 e. The van der Waals surface area contributed by atoms with E-state index in [-0.39, 0.29) is 36.3 Å². The maximum absolute atomic E-state index is 12.8. The van der Waals surface area contributed by atoms with Crippen LogP contribution in [0.4, 0.5) is 0 Å². The number of likely N-dealkylation sites (tertiary alicyclic amines) is 1. The van der Waals surface area contributed by atoms with E-state index in [1.165, 1.54) is 0 Å². The molecule has 8 heteroatoms. The Morgan fingerprint density at radius 3 is 2.40 bits per heavy atom. The molecule has 3 aliphatic rings. The first kappa shape index (κ1) is 20.9. The lowest BCUT2D eigenvalue weighted by molar-refractivity contribution is -0.136. The van der Waals surface area contributed by atoms with Crippen LogP contribution in [-0.2, 0) is 14.8 Å². The number of rotatable bonds is 4. The molecule has 3 fully saturated rings. The first-order valence-corrected chi connectivity index (χ1v) is 11.1. The number of nitrogens with zero attached hydrogens (tertiary/aromatic N) is 1. The Labute approximate surface area is 157 Å². The quantitative estimate of drug-likeness (QED) is 0.761. The molecule has 0 radical (unpaired) electrons. The first-order chi connectivity index (χ1) is 11.5. The molecular weight excluding hydrogens is 362 g/mol. The topological polar surface area (TPSA) is 92.5 Å². The predicted molar refractivity (Wildman–Crippen MR) is 101 cm³/mol. The van der Waals surface area contributed by atoms with Crippen molar-refractivity contribution in [3.8, 4) is 0 Å². The van der Waals surface area contributed by atoms with E-state index >= 15 is 0 Å². The fraction of sp³-hybridized carbons (Fsp3) is 0.941. The third-order valence-corrected chi connectivity index (χ3v) is 7.80. The predicted octanol–water partition coefficient (Wildman–Crippen LogP) is 1.78. The lowest BCUT2D eigenvalue weighted by Crippen LogP contribution is -2.52. The fourth-order valence-electron chi connectivity index (χ4n) is 4.49. The Morgan fingerprint density at radius 2 is 1.72 bits per heavy atom. The number of hydrogen-bond acceptors (Lipinski definition) is 4. The van der Waals surface area contributed by atoms with Gasteiger partial charge in [-0.2, -0.15) is 0 Å². The SMILES string of the molecule is Cl.NC1CCCC(NS(=O)(=O)C2CCCN(C(=O)C3CCCC3)C2)C1. The van der Waals surface area contributed by atoms with Crippen LogP contribution in [0.5, 0.6) is 0 Å². The molecule has 2 aliphatic carbocycles. The molecule has 3 N–H and O–H groups in total. The van der Waals surface area contributed by atoms with Gasteiger partial charge in [-0.15, -0.1) is 12.4 Å². The molecule has 0 aromatic carbocycles. The molecule has 1 heterocycles. The van der Waals surface area contributed by atoms with Crippen molar-refractivity contribution in [3.63, 3.8) is 0 Å². The van der Waals surface area contributed by atoms with E-state index in [0.29, 0.717) is 19.5 Å². The van der Waals surface area contributed by atoms with Crippen LogP contribution in [-0.4, -0.2) is 49.6 Å². The third kappa shape index (κ3) is 5.31. The van der Waals surface area contributed by atoms with Crippen molar-refractivity contribution in [2.75, 3.05) is 13.1 Å². The van der Waals surface area contributed by atoms with E-state index in [2.05, 4.69) is 4.72 Å². The number of nitrogens with one attached hydrogen (secondary N) is 1. The van der Waals surface area contributed by atoms with Gasteiger partial charge in [-0.25, -0.2) is 13.1 Å². The maximum atomic E-state index is 12.8. The minimum atomic E-state index is -3.40. The summed E-state index contributed by atoms with van der Waals surface area (Å²) < 4.78 is 28.4. The summed E-state index contributed by atoms with van der Waals surface area (Å²) in [5.41, 5.74) is 5.97. The van der Waals surface area contributed by atoms with Crippen LogP contribution < -0.4 is 10.5 Å². The minimum absolute atomic E-state index is 0. The van der Waals surface area contributed by atoms with Gasteiger partial charge in [-0.1, -0.05) is 19.3 Å². The highest BCUT2D eigenvalue weighted by atomic mass is 35.5. The molecule has 1 amide bonds. The van der Waals surface area contributed by atoms with E-state index in [0.717, 1.165) is 57.8 Å². The van der Waals surface area contributed by atoms with Gasteiger partial charge in [0.2, 0.25) is 15.9 Å². The normalized spacial score (nSPS) is 31.6. The number of hydrogen-bond donors (Lipinski definition) is 2. The summed E-state index contributed by atoms with van der Waals surface area (Å²) in [5.74, 6) is 0.294. The fourth-order valence-corrected chi connectivity index (χ4v) is 6.21. The zero-order chi connectivity index (χ0) is 17.2. The zero-order valence-corrected chi connectivity index (χ0v) is 16.5. The van der Waals surface area contributed by atoms with Gasteiger partial charge in [-0.3, -0.25) is 4.79 Å². The van der Waals surface area contributed by atoms with Crippen molar-refractivity contribution >= 4 is 28.3 Å². The average molecular weight is 394 g/mol. The number of carbonyl (C=O) groups excluding carboxylic acids is 1. The summed E-state index contributed by atoms with van der Waals surface area (Å²) in [7, 11) is -3.40. The van der Waals surface area contributed by atoms with Gasteiger partial charge in [0, 0.05) is 31.1 Å². The molecule has 0 aromatic rings. The van der Waals surface area contributed by atoms with Crippen LogP contribution in [0.15, 0.2) is 0 Å². The van der Waals surface area contributed by atoms with Crippen molar-refractivity contribution in [3.05, 3.63) is 0 Å². The molecule has 0 aromatic heterocycles. The molecule has 0 bridgehead atoms. The summed E-state index contributed by atoms with van der Waals surface area (Å²) in [6.45, 7) is 1.05. The molecule has 2 saturated carbocycles. The summed E-state index contributed by atoms with van der Waals surface area (Å²) >= 11 is 0. The number of sulfonamides is 1. The molecule has 1 saturated heterocycles. The molecule has 3 rings (SSSR count). The van der Waals surface area contributed by atoms with Crippen molar-refractivity contribution in [1.82, 2.24) is 9.62 Å². The van der Waals surface area contributed by atoms with Crippen LogP contribution in [0.2, 0.25) is 0 Å². The molecule has 25 heavy (non-hydrogen) atoms. The van der Waals surface area contributed by atoms with Crippen molar-refractivity contribution in [1.29, 1.82) is 0 Å². The van der Waals surface area contributed by atoms with Crippen molar-refractivity contribution in [2.45, 2.75) is 81.5 Å². The highest BCUT2D eigenvalue weighted by molar-refractivity contribution is 7.90. The molecule has 146 valence electrons. The highest BCUT2D eigenvalue weighted by Crippen LogP contribution is 2.28. The third-order valence-electron chi connectivity index (χ3n) is 5.88. The lowest BCUT2D eigenvalue weighted by atomic mass is 9.92. The van der Waals surface area contributed by atoms with Crippen LogP contribution in [0.25, 0.3) is 0 Å². The smallest absolute Gasteiger partial charge is 0.225 e. The largest absolute Gasteiger partial charge is 0.341 e. The first-order valence-electron chi connectivity index (χ1n) is 9.51. The highest BCUT2D eigenvalue weighted by Gasteiger charge is 2.36. The van der Waals surface area contributed by atoms with E-state index < -0.39 is 15.3 Å². The van der Waals surface area contributed by atoms with Gasteiger partial charge in [0.05, 0.1) is 5.25 Å². The van der Waals surface area contributed by atoms with Crippen LogP contribution in [0, 0.1) is 5.92 Å². The molecule has 1 aliphatic heterocycles. The molecule has 3 unspecified atom stereocenters. The monoisotopic (exact) mass is 393 g/mol. The van der Waals surface area contributed by atoms with Gasteiger partial charge in [0.15, 0.2) is 0 Å². The molecule has 6 nitrogen and oxygen atoms in total. The van der Waals surface area contributed by atoms with E-state index in [4.69, 9.17) is 5.73 Å². The standard InChI is InChI=1S/C17H31N3O3S.ClH/c18-14-7-3-8-15(11-14)19-24(22,23)16-9-4-10-20(12-16)17(21)13-5-1-2-6-13;/h13-16,19H,1-12,18H2;1H. The van der Waals surface area contributed by atoms with Gasteiger partial charge >= 0.3 is 0 Å². The summed E-state index contributed by atoms with van der Waals surface area (Å²) in [6.07, 6.45) is 9.12. The van der Waals surface area contributed by atoms with Crippen molar-refractivity contribution < 1.29 is 13.2 Å². The molecule has 3 atom stereocenters. The Morgan fingerprint density at radius 1 is 1.00 bits per heavy atom. The number of amides is 1. The van der Waals surface area contributed by atoms with Gasteiger partial charge in [0.1, 0.15) is 0 Å². The van der Waals surface area contributed by atoms with Gasteiger partial charge < -0.3 is 10.6 Å². The van der Waals surface area contributed by atoms with Crippen LogP contribution in [0.1, 0.15) is 64.2 Å². The lowest BCUT2D eigenvalue weighted by Gasteiger charge is -2.35. The Bertz CT molecular complexity index is 551. The van der Waals surface area contributed by atoms with Gasteiger partial charge in [-0.05, 0) is 44.9 Å². The van der Waals surface area contributed by atoms with E-state index in [9.17, 15) is 13.2 Å².